The number of hydrogen-bond donors (Lipinski definition) is 3. The van der Waals surface area contributed by atoms with E-state index in [1.807, 2.05) is 0 Å². The number of amides is 2. The molecule has 0 aromatic heterocycles. The lowest BCUT2D eigenvalue weighted by Crippen LogP contribution is -2.53. The van der Waals surface area contributed by atoms with Gasteiger partial charge in [-0.25, -0.2) is 14.0 Å². The quantitative estimate of drug-likeness (QED) is 0.685. The van der Waals surface area contributed by atoms with E-state index in [2.05, 4.69) is 10.6 Å². The topological polar surface area (TPSA) is 105 Å². The van der Waals surface area contributed by atoms with Crippen LogP contribution in [-0.4, -0.2) is 40.8 Å². The van der Waals surface area contributed by atoms with Crippen molar-refractivity contribution in [1.29, 1.82) is 0 Å². The number of carboxylic acids is 1. The van der Waals surface area contributed by atoms with Gasteiger partial charge in [0.15, 0.2) is 0 Å². The largest absolute Gasteiger partial charge is 0.480 e. The lowest BCUT2D eigenvalue weighted by molar-refractivity contribution is -0.142. The molecule has 0 radical (unpaired) electrons. The molecule has 1 unspecified atom stereocenters. The third-order valence-electron chi connectivity index (χ3n) is 3.38. The molecule has 0 saturated carbocycles. The Balaban J connectivity index is 2.92. The van der Waals surface area contributed by atoms with Crippen LogP contribution in [0.5, 0.6) is 0 Å². The second-order valence-corrected chi connectivity index (χ2v) is 6.84. The summed E-state index contributed by atoms with van der Waals surface area (Å²) in [6, 6.07) is 3.32. The number of rotatable bonds is 7. The van der Waals surface area contributed by atoms with Crippen LogP contribution in [0.2, 0.25) is 0 Å². The number of benzene rings is 1. The molecule has 0 aliphatic rings. The van der Waals surface area contributed by atoms with Crippen molar-refractivity contribution < 1.29 is 28.6 Å². The molecule has 8 heteroatoms. The van der Waals surface area contributed by atoms with Crippen LogP contribution in [0.3, 0.4) is 0 Å². The average Bonchev–Trinajstić information content (AvgIpc) is 2.51. The van der Waals surface area contributed by atoms with Crippen LogP contribution in [0, 0.1) is 5.82 Å². The van der Waals surface area contributed by atoms with Gasteiger partial charge in [-0.1, -0.05) is 19.1 Å². The lowest BCUT2D eigenvalue weighted by Gasteiger charge is -2.24. The summed E-state index contributed by atoms with van der Waals surface area (Å²) in [7, 11) is 0. The molecule has 144 valence electrons. The molecule has 7 nitrogen and oxygen atoms in total. The summed E-state index contributed by atoms with van der Waals surface area (Å²) in [4.78, 5) is 35.6. The van der Waals surface area contributed by atoms with E-state index in [4.69, 9.17) is 9.84 Å². The summed E-state index contributed by atoms with van der Waals surface area (Å²) < 4.78 is 18.2. The van der Waals surface area contributed by atoms with Crippen molar-refractivity contribution in [3.05, 3.63) is 35.6 Å². The zero-order valence-corrected chi connectivity index (χ0v) is 15.3. The highest BCUT2D eigenvalue weighted by molar-refractivity contribution is 5.89. The van der Waals surface area contributed by atoms with Crippen molar-refractivity contribution in [1.82, 2.24) is 10.6 Å². The van der Waals surface area contributed by atoms with Gasteiger partial charge in [-0.3, -0.25) is 4.79 Å². The van der Waals surface area contributed by atoms with Crippen LogP contribution in [0.4, 0.5) is 9.18 Å². The summed E-state index contributed by atoms with van der Waals surface area (Å²) in [6.07, 6.45) is -0.554. The minimum Gasteiger partial charge on any atom is -0.480 e. The van der Waals surface area contributed by atoms with Crippen molar-refractivity contribution in [2.75, 3.05) is 0 Å². The van der Waals surface area contributed by atoms with E-state index in [0.29, 0.717) is 5.56 Å². The maximum Gasteiger partial charge on any atom is 0.408 e. The van der Waals surface area contributed by atoms with Gasteiger partial charge >= 0.3 is 12.1 Å². The van der Waals surface area contributed by atoms with E-state index in [1.165, 1.54) is 24.3 Å². The van der Waals surface area contributed by atoms with Crippen LogP contribution < -0.4 is 10.6 Å². The molecule has 0 heterocycles. The van der Waals surface area contributed by atoms with Gasteiger partial charge < -0.3 is 20.5 Å². The molecule has 2 amide bonds. The van der Waals surface area contributed by atoms with Crippen LogP contribution >= 0.6 is 0 Å². The predicted molar refractivity (Wildman–Crippen MR) is 93.1 cm³/mol. The van der Waals surface area contributed by atoms with Crippen molar-refractivity contribution in [2.45, 2.75) is 58.2 Å². The molecule has 2 atom stereocenters. The van der Waals surface area contributed by atoms with Crippen molar-refractivity contribution in [2.24, 2.45) is 0 Å². The Morgan fingerprint density at radius 1 is 1.12 bits per heavy atom. The Morgan fingerprint density at radius 2 is 1.69 bits per heavy atom. The fraction of sp³-hybridized carbons (Fsp3) is 0.500. The first-order valence-electron chi connectivity index (χ1n) is 8.29. The van der Waals surface area contributed by atoms with Crippen LogP contribution in [0.15, 0.2) is 24.3 Å². The van der Waals surface area contributed by atoms with E-state index < -0.39 is 41.5 Å². The third kappa shape index (κ3) is 7.50. The Hall–Kier alpha value is -2.64. The van der Waals surface area contributed by atoms with Crippen molar-refractivity contribution >= 4 is 18.0 Å². The zero-order valence-electron chi connectivity index (χ0n) is 15.3. The highest BCUT2D eigenvalue weighted by Gasteiger charge is 2.27. The van der Waals surface area contributed by atoms with Gasteiger partial charge in [-0.2, -0.15) is 0 Å². The summed E-state index contributed by atoms with van der Waals surface area (Å²) in [5.41, 5.74) is -0.153. The minimum absolute atomic E-state index is 0.0570. The first-order valence-corrected chi connectivity index (χ1v) is 8.29. The second kappa shape index (κ2) is 9.17. The molecule has 1 aromatic carbocycles. The molecule has 0 spiro atoms. The van der Waals surface area contributed by atoms with Gasteiger partial charge in [0.2, 0.25) is 5.91 Å². The number of ether oxygens (including phenoxy) is 1. The standard InChI is InChI=1S/C18H25FN2O5/c1-5-13(16(23)24)20-15(22)14(21-17(25)26-18(2,3)4)10-11-6-8-12(19)9-7-11/h6-9,13-14H,5,10H2,1-4H3,(H,20,22)(H,21,25)(H,23,24)/t13?,14-/m0/s1. The average molecular weight is 368 g/mol. The first kappa shape index (κ1) is 21.4. The number of alkyl carbamates (subject to hydrolysis) is 1. The number of hydrogen-bond acceptors (Lipinski definition) is 4. The molecule has 0 fully saturated rings. The minimum atomic E-state index is -1.17. The van der Waals surface area contributed by atoms with Crippen molar-refractivity contribution in [3.63, 3.8) is 0 Å². The highest BCUT2D eigenvalue weighted by atomic mass is 19.1. The fourth-order valence-corrected chi connectivity index (χ4v) is 2.13. The monoisotopic (exact) mass is 368 g/mol. The van der Waals surface area contributed by atoms with Crippen LogP contribution in [0.25, 0.3) is 0 Å². The number of nitrogens with one attached hydrogen (secondary N) is 2. The Bertz CT molecular complexity index is 640. The van der Waals surface area contributed by atoms with Gasteiger partial charge in [-0.05, 0) is 44.9 Å². The second-order valence-electron chi connectivity index (χ2n) is 6.84. The number of carbonyl (C=O) groups is 3. The third-order valence-corrected chi connectivity index (χ3v) is 3.38. The molecule has 0 aliphatic carbocycles. The first-order chi connectivity index (χ1) is 12.0. The molecule has 0 bridgehead atoms. The number of carbonyl (C=O) groups excluding carboxylic acids is 2. The molecule has 0 aliphatic heterocycles. The summed E-state index contributed by atoms with van der Waals surface area (Å²) in [6.45, 7) is 6.66. The molecular formula is C18H25FN2O5. The molecule has 1 rings (SSSR count). The smallest absolute Gasteiger partial charge is 0.408 e. The number of carboxylic acid groups (broad SMARTS) is 1. The Morgan fingerprint density at radius 3 is 2.15 bits per heavy atom. The molecular weight excluding hydrogens is 343 g/mol. The maximum atomic E-state index is 13.1. The predicted octanol–water partition coefficient (Wildman–Crippen LogP) is 2.24. The lowest BCUT2D eigenvalue weighted by atomic mass is 10.0. The van der Waals surface area contributed by atoms with Gasteiger partial charge in [-0.15, -0.1) is 0 Å². The van der Waals surface area contributed by atoms with E-state index in [0.717, 1.165) is 0 Å². The maximum absolute atomic E-state index is 13.1. The molecule has 0 saturated heterocycles. The Kier molecular flexibility index (Phi) is 7.55. The zero-order chi connectivity index (χ0) is 19.9. The number of aliphatic carboxylic acids is 1. The SMILES string of the molecule is CCC(NC(=O)[C@H](Cc1ccc(F)cc1)NC(=O)OC(C)(C)C)C(=O)O. The van der Waals surface area contributed by atoms with E-state index in [1.54, 1.807) is 27.7 Å². The molecule has 26 heavy (non-hydrogen) atoms. The summed E-state index contributed by atoms with van der Waals surface area (Å²) in [5.74, 6) is -2.25. The summed E-state index contributed by atoms with van der Waals surface area (Å²) in [5, 5.41) is 13.9. The fourth-order valence-electron chi connectivity index (χ4n) is 2.13. The van der Waals surface area contributed by atoms with Gasteiger partial charge in [0.1, 0.15) is 23.5 Å². The van der Waals surface area contributed by atoms with Crippen LogP contribution in [-0.2, 0) is 20.7 Å². The number of halogens is 1. The Labute approximate surface area is 151 Å². The van der Waals surface area contributed by atoms with E-state index >= 15 is 0 Å². The van der Waals surface area contributed by atoms with Gasteiger partial charge in [0, 0.05) is 6.42 Å². The normalized spacial score (nSPS) is 13.4. The van der Waals surface area contributed by atoms with Gasteiger partial charge in [0.25, 0.3) is 0 Å². The molecule has 1 aromatic rings. The highest BCUT2D eigenvalue weighted by Crippen LogP contribution is 2.10. The molecule has 3 N–H and O–H groups in total. The van der Waals surface area contributed by atoms with E-state index in [9.17, 15) is 18.8 Å². The summed E-state index contributed by atoms with van der Waals surface area (Å²) >= 11 is 0. The van der Waals surface area contributed by atoms with Crippen molar-refractivity contribution in [3.8, 4) is 0 Å². The van der Waals surface area contributed by atoms with Gasteiger partial charge in [0.05, 0.1) is 0 Å². The van der Waals surface area contributed by atoms with E-state index in [-0.39, 0.29) is 12.8 Å². The van der Waals surface area contributed by atoms with Crippen LogP contribution in [0.1, 0.15) is 39.7 Å².